The first-order chi connectivity index (χ1) is 15.0. The Morgan fingerprint density at radius 2 is 1.91 bits per heavy atom. The van der Waals surface area contributed by atoms with Crippen molar-refractivity contribution in [2.24, 2.45) is 11.8 Å². The molecule has 1 N–H and O–H groups in total. The molecule has 7 nitrogen and oxygen atoms in total. The van der Waals surface area contributed by atoms with Crippen LogP contribution in [0.4, 0.5) is 13.2 Å². The maximum absolute atomic E-state index is 13.1. The molecule has 1 saturated carbocycles. The minimum absolute atomic E-state index is 0.0874. The van der Waals surface area contributed by atoms with Crippen LogP contribution in [0.1, 0.15) is 39.0 Å². The average molecular weight is 453 g/mol. The van der Waals surface area contributed by atoms with Crippen LogP contribution in [0.2, 0.25) is 0 Å². The molecule has 1 aromatic heterocycles. The Bertz CT molecular complexity index is 983. The average Bonchev–Trinajstić information content (AvgIpc) is 3.40. The molecule has 1 amide bonds. The number of aliphatic hydroxyl groups is 1. The lowest BCUT2D eigenvalue weighted by atomic mass is 9.74. The zero-order chi connectivity index (χ0) is 23.3. The number of carbonyl (C=O) groups excluding carboxylic acids is 1. The Morgan fingerprint density at radius 1 is 1.25 bits per heavy atom. The molecule has 0 radical (unpaired) electrons. The lowest BCUT2D eigenvalue weighted by molar-refractivity contribution is -0.251. The first-order valence-corrected chi connectivity index (χ1v) is 10.6. The van der Waals surface area contributed by atoms with Gasteiger partial charge in [-0.1, -0.05) is 6.92 Å². The highest BCUT2D eigenvalue weighted by molar-refractivity contribution is 5.85. The highest BCUT2D eigenvalue weighted by Crippen LogP contribution is 2.58. The van der Waals surface area contributed by atoms with E-state index in [1.807, 2.05) is 19.1 Å². The van der Waals surface area contributed by atoms with Crippen LogP contribution >= 0.6 is 0 Å². The Balaban J connectivity index is 1.48. The molecule has 0 bridgehead atoms. The second-order valence-corrected chi connectivity index (χ2v) is 8.99. The summed E-state index contributed by atoms with van der Waals surface area (Å²) in [5.41, 5.74) is -2.95. The summed E-state index contributed by atoms with van der Waals surface area (Å²) in [4.78, 5) is 13.5. The third kappa shape index (κ3) is 3.74. The molecule has 1 aromatic carbocycles. The van der Waals surface area contributed by atoms with E-state index in [1.54, 1.807) is 19.2 Å². The number of carbonyl (C=O) groups is 1. The van der Waals surface area contributed by atoms with E-state index in [1.165, 1.54) is 0 Å². The molecule has 2 heterocycles. The smallest absolute Gasteiger partial charge is 0.426 e. The molecular formula is C22H26F3N3O4. The van der Waals surface area contributed by atoms with Crippen LogP contribution in [0, 0.1) is 11.8 Å². The summed E-state index contributed by atoms with van der Waals surface area (Å²) >= 11 is 0. The summed E-state index contributed by atoms with van der Waals surface area (Å²) in [6.45, 7) is 2.69. The van der Waals surface area contributed by atoms with Crippen molar-refractivity contribution in [3.05, 3.63) is 30.2 Å². The predicted molar refractivity (Wildman–Crippen MR) is 108 cm³/mol. The number of ether oxygens (including phenoxy) is 1. The molecule has 2 aromatic rings. The number of benzene rings is 1. The van der Waals surface area contributed by atoms with Crippen molar-refractivity contribution in [2.45, 2.75) is 50.3 Å². The summed E-state index contributed by atoms with van der Waals surface area (Å²) in [6.07, 6.45) is -2.83. The number of hydrogen-bond acceptors (Lipinski definition) is 6. The lowest BCUT2D eigenvalue weighted by Gasteiger charge is -2.42. The fraction of sp³-hybridized carbons (Fsp3) is 0.591. The molecule has 4 rings (SSSR count). The number of alkyl halides is 3. The highest BCUT2D eigenvalue weighted by Gasteiger charge is 2.60. The van der Waals surface area contributed by atoms with E-state index in [0.717, 1.165) is 23.3 Å². The monoisotopic (exact) mass is 453 g/mol. The quantitative estimate of drug-likeness (QED) is 0.745. The summed E-state index contributed by atoms with van der Waals surface area (Å²) in [6, 6.07) is 7.26. The van der Waals surface area contributed by atoms with Gasteiger partial charge in [-0.3, -0.25) is 4.79 Å². The summed E-state index contributed by atoms with van der Waals surface area (Å²) in [5.74, 6) is 0.339. The van der Waals surface area contributed by atoms with Crippen molar-refractivity contribution < 1.29 is 32.2 Å². The number of amides is 1. The summed E-state index contributed by atoms with van der Waals surface area (Å²) < 4.78 is 50.4. The second-order valence-electron chi connectivity index (χ2n) is 8.99. The van der Waals surface area contributed by atoms with Gasteiger partial charge in [0.1, 0.15) is 5.75 Å². The van der Waals surface area contributed by atoms with Gasteiger partial charge < -0.3 is 19.2 Å². The van der Waals surface area contributed by atoms with Gasteiger partial charge in [-0.2, -0.15) is 13.2 Å². The largest absolute Gasteiger partial charge is 0.497 e. The predicted octanol–water partition coefficient (Wildman–Crippen LogP) is 3.57. The van der Waals surface area contributed by atoms with Crippen molar-refractivity contribution in [1.29, 1.82) is 0 Å². The van der Waals surface area contributed by atoms with Crippen LogP contribution < -0.4 is 4.74 Å². The number of methoxy groups -OCH3 is 1. The van der Waals surface area contributed by atoms with Crippen LogP contribution in [0.3, 0.4) is 0 Å². The zero-order valence-electron chi connectivity index (χ0n) is 18.1. The SMILES string of the molecule is COc1ccc(-c2nnc(C3([C@H]4CCN(C(=O)[C@@](C)(O)C(F)(F)F)C[C@H]4C)CC3)o2)cc1. The van der Waals surface area contributed by atoms with Gasteiger partial charge in [0.05, 0.1) is 12.5 Å². The fourth-order valence-electron chi connectivity index (χ4n) is 4.73. The number of piperidine rings is 1. The van der Waals surface area contributed by atoms with E-state index in [0.29, 0.717) is 30.9 Å². The van der Waals surface area contributed by atoms with Crippen molar-refractivity contribution in [3.8, 4) is 17.2 Å². The van der Waals surface area contributed by atoms with E-state index in [9.17, 15) is 23.1 Å². The van der Waals surface area contributed by atoms with Gasteiger partial charge in [0, 0.05) is 18.7 Å². The van der Waals surface area contributed by atoms with Crippen molar-refractivity contribution in [2.75, 3.05) is 20.2 Å². The number of rotatable bonds is 5. The molecule has 0 unspecified atom stereocenters. The number of halogens is 3. The van der Waals surface area contributed by atoms with E-state index in [2.05, 4.69) is 10.2 Å². The molecule has 1 aliphatic carbocycles. The molecule has 0 spiro atoms. The third-order valence-electron chi connectivity index (χ3n) is 6.85. The van der Waals surface area contributed by atoms with Gasteiger partial charge in [-0.25, -0.2) is 0 Å². The lowest BCUT2D eigenvalue weighted by Crippen LogP contribution is -2.58. The van der Waals surface area contributed by atoms with Gasteiger partial charge in [0.2, 0.25) is 17.4 Å². The number of nitrogens with zero attached hydrogens (tertiary/aromatic N) is 3. The number of likely N-dealkylation sites (tertiary alicyclic amines) is 1. The Morgan fingerprint density at radius 3 is 2.44 bits per heavy atom. The standard InChI is InChI=1S/C22H26F3N3O4/c1-13-12-28(19(29)20(2,30)22(23,24)25)11-8-16(13)21(9-10-21)18-27-26-17(32-18)14-4-6-15(31-3)7-5-14/h4-7,13,16,30H,8-12H2,1-3H3/t13-,16+,20-/m1/s1. The minimum atomic E-state index is -5.02. The first-order valence-electron chi connectivity index (χ1n) is 10.6. The Hall–Kier alpha value is -2.62. The molecule has 10 heteroatoms. The van der Waals surface area contributed by atoms with Crippen molar-refractivity contribution >= 4 is 5.91 Å². The molecule has 174 valence electrons. The van der Waals surface area contributed by atoms with E-state index in [-0.39, 0.29) is 30.3 Å². The molecule has 1 aliphatic heterocycles. The molecule has 2 aliphatic rings. The van der Waals surface area contributed by atoms with Gasteiger partial charge >= 0.3 is 6.18 Å². The van der Waals surface area contributed by atoms with Crippen LogP contribution in [-0.4, -0.2) is 58.1 Å². The normalized spacial score (nSPS) is 24.7. The van der Waals surface area contributed by atoms with Gasteiger partial charge in [0.25, 0.3) is 5.91 Å². The summed E-state index contributed by atoms with van der Waals surface area (Å²) in [7, 11) is 1.58. The molecule has 2 fully saturated rings. The van der Waals surface area contributed by atoms with Crippen LogP contribution in [-0.2, 0) is 10.2 Å². The Kier molecular flexibility index (Phi) is 5.47. The summed E-state index contributed by atoms with van der Waals surface area (Å²) in [5, 5.41) is 18.2. The third-order valence-corrected chi connectivity index (χ3v) is 6.85. The van der Waals surface area contributed by atoms with E-state index >= 15 is 0 Å². The minimum Gasteiger partial charge on any atom is -0.497 e. The molecule has 3 atom stereocenters. The Labute approximate surface area is 183 Å². The first kappa shape index (κ1) is 22.6. The highest BCUT2D eigenvalue weighted by atomic mass is 19.4. The fourth-order valence-corrected chi connectivity index (χ4v) is 4.73. The molecule has 1 saturated heterocycles. The second kappa shape index (κ2) is 7.75. The topological polar surface area (TPSA) is 88.7 Å². The van der Waals surface area contributed by atoms with Crippen LogP contribution in [0.25, 0.3) is 11.5 Å². The van der Waals surface area contributed by atoms with Crippen LogP contribution in [0.5, 0.6) is 5.75 Å². The van der Waals surface area contributed by atoms with Gasteiger partial charge in [-0.05, 0) is 62.3 Å². The van der Waals surface area contributed by atoms with Gasteiger partial charge in [0.15, 0.2) is 0 Å². The van der Waals surface area contributed by atoms with Crippen molar-refractivity contribution in [1.82, 2.24) is 15.1 Å². The van der Waals surface area contributed by atoms with Crippen molar-refractivity contribution in [3.63, 3.8) is 0 Å². The van der Waals surface area contributed by atoms with E-state index < -0.39 is 17.7 Å². The number of aromatic nitrogens is 2. The maximum atomic E-state index is 13.1. The van der Waals surface area contributed by atoms with E-state index in [4.69, 9.17) is 9.15 Å². The zero-order valence-corrected chi connectivity index (χ0v) is 18.1. The van der Waals surface area contributed by atoms with Gasteiger partial charge in [-0.15, -0.1) is 10.2 Å². The number of hydrogen-bond donors (Lipinski definition) is 1. The molecule has 32 heavy (non-hydrogen) atoms. The van der Waals surface area contributed by atoms with Crippen LogP contribution in [0.15, 0.2) is 28.7 Å². The maximum Gasteiger partial charge on any atom is 0.426 e. The molecular weight excluding hydrogens is 427 g/mol.